The minimum absolute atomic E-state index is 0. The molecular weight excluding hydrogens is 553 g/mol. The molecule has 0 unspecified atom stereocenters. The van der Waals surface area contributed by atoms with Gasteiger partial charge in [-0.25, -0.2) is 9.78 Å². The van der Waals surface area contributed by atoms with Gasteiger partial charge in [0.15, 0.2) is 5.82 Å². The van der Waals surface area contributed by atoms with E-state index in [-0.39, 0.29) is 36.4 Å². The van der Waals surface area contributed by atoms with Gasteiger partial charge in [0.05, 0.1) is 16.8 Å². The smallest absolute Gasteiger partial charge is 0.417 e. The molecule has 0 saturated carbocycles. The van der Waals surface area contributed by atoms with Crippen molar-refractivity contribution in [3.05, 3.63) is 130 Å². The van der Waals surface area contributed by atoms with E-state index in [1.54, 1.807) is 36.5 Å². The van der Waals surface area contributed by atoms with Gasteiger partial charge in [-0.05, 0) is 67.1 Å². The minimum atomic E-state index is -4.74. The number of benzene rings is 3. The van der Waals surface area contributed by atoms with Gasteiger partial charge in [-0.2, -0.15) is 18.2 Å². The maximum absolute atomic E-state index is 14.1. The first-order valence-electron chi connectivity index (χ1n) is 12.2. The lowest BCUT2D eigenvalue weighted by Crippen LogP contribution is -2.17. The molecule has 6 nitrogen and oxygen atoms in total. The van der Waals surface area contributed by atoms with E-state index in [2.05, 4.69) is 31.8 Å². The van der Waals surface area contributed by atoms with Gasteiger partial charge in [0.2, 0.25) is 0 Å². The number of pyridine rings is 1. The second-order valence-corrected chi connectivity index (χ2v) is 8.81. The number of H-pyrrole nitrogens is 1. The first kappa shape index (κ1) is 29.1. The molecule has 0 aliphatic carbocycles. The summed E-state index contributed by atoms with van der Waals surface area (Å²) in [6.07, 6.45) is -3.10. The fourth-order valence-corrected chi connectivity index (χ4v) is 3.87. The zero-order chi connectivity index (χ0) is 28.1. The van der Waals surface area contributed by atoms with Crippen molar-refractivity contribution in [2.75, 3.05) is 0 Å². The lowest BCUT2D eigenvalue weighted by molar-refractivity contribution is -0.137. The molecule has 5 aromatic rings. The molecule has 41 heavy (non-hydrogen) atoms. The molecule has 10 heteroatoms. The van der Waals surface area contributed by atoms with Gasteiger partial charge < -0.3 is 4.74 Å². The van der Waals surface area contributed by atoms with E-state index in [4.69, 9.17) is 4.74 Å². The molecule has 5 rings (SSSR count). The number of aromatic amines is 1. The summed E-state index contributed by atoms with van der Waals surface area (Å²) in [7, 11) is 0. The van der Waals surface area contributed by atoms with Crippen LogP contribution < -0.4 is 10.4 Å². The van der Waals surface area contributed by atoms with Gasteiger partial charge >= 0.3 is 11.9 Å². The quantitative estimate of drug-likeness (QED) is 0.239. The Balaban J connectivity index is 0.00000387. The molecule has 0 bridgehead atoms. The highest BCUT2D eigenvalue weighted by molar-refractivity contribution is 5.85. The summed E-state index contributed by atoms with van der Waals surface area (Å²) in [6, 6.07) is 23.3. The number of rotatable bonds is 5. The Labute approximate surface area is 239 Å². The Morgan fingerprint density at radius 1 is 0.854 bits per heavy atom. The predicted molar refractivity (Wildman–Crippen MR) is 152 cm³/mol. The van der Waals surface area contributed by atoms with Crippen LogP contribution in [-0.2, 0) is 12.8 Å². The van der Waals surface area contributed by atoms with E-state index in [9.17, 15) is 18.0 Å². The highest BCUT2D eigenvalue weighted by atomic mass is 35.5. The summed E-state index contributed by atoms with van der Waals surface area (Å²) >= 11 is 0. The number of hydrogen-bond donors (Lipinski definition) is 1. The second kappa shape index (κ2) is 12.5. The Bertz CT molecular complexity index is 1760. The van der Waals surface area contributed by atoms with Crippen molar-refractivity contribution in [2.45, 2.75) is 19.7 Å². The van der Waals surface area contributed by atoms with Crippen LogP contribution in [0.5, 0.6) is 5.75 Å². The predicted octanol–water partition coefficient (Wildman–Crippen LogP) is 6.62. The number of alkyl halides is 3. The van der Waals surface area contributed by atoms with E-state index in [1.165, 1.54) is 12.1 Å². The van der Waals surface area contributed by atoms with E-state index in [0.29, 0.717) is 16.8 Å². The molecule has 2 aromatic heterocycles. The third-order valence-corrected chi connectivity index (χ3v) is 5.84. The number of aryl methyl sites for hydroxylation is 1. The highest BCUT2D eigenvalue weighted by Crippen LogP contribution is 2.41. The highest BCUT2D eigenvalue weighted by Gasteiger charge is 2.36. The first-order chi connectivity index (χ1) is 19.3. The van der Waals surface area contributed by atoms with Gasteiger partial charge in [0.25, 0.3) is 0 Å². The van der Waals surface area contributed by atoms with Crippen LogP contribution in [-0.4, -0.2) is 19.9 Å². The average molecular weight is 575 g/mol. The van der Waals surface area contributed by atoms with Crippen molar-refractivity contribution >= 4 is 12.4 Å². The molecule has 0 aliphatic rings. The zero-order valence-electron chi connectivity index (χ0n) is 21.6. The number of nitrogens with one attached hydrogen (secondary N) is 1. The number of halogens is 4. The number of nitrogens with zero attached hydrogens (tertiary/aromatic N) is 3. The Kier molecular flexibility index (Phi) is 8.85. The summed E-state index contributed by atoms with van der Waals surface area (Å²) in [5.41, 5.74) is 1.22. The molecule has 0 fully saturated rings. The van der Waals surface area contributed by atoms with Gasteiger partial charge in [0, 0.05) is 22.9 Å². The summed E-state index contributed by atoms with van der Waals surface area (Å²) in [4.78, 5) is 27.3. The minimum Gasteiger partial charge on any atom is -0.487 e. The first-order valence-corrected chi connectivity index (χ1v) is 12.2. The summed E-state index contributed by atoms with van der Waals surface area (Å²) < 4.78 is 48.0. The van der Waals surface area contributed by atoms with Crippen molar-refractivity contribution in [1.29, 1.82) is 0 Å². The third kappa shape index (κ3) is 7.18. The lowest BCUT2D eigenvalue weighted by Gasteiger charge is -2.17. The van der Waals surface area contributed by atoms with Crippen LogP contribution in [0.2, 0.25) is 0 Å². The van der Waals surface area contributed by atoms with Crippen molar-refractivity contribution in [3.63, 3.8) is 0 Å². The summed E-state index contributed by atoms with van der Waals surface area (Å²) in [6.45, 7) is 1.79. The van der Waals surface area contributed by atoms with Crippen molar-refractivity contribution < 1.29 is 17.9 Å². The van der Waals surface area contributed by atoms with Crippen LogP contribution >= 0.6 is 12.4 Å². The van der Waals surface area contributed by atoms with E-state index < -0.39 is 23.0 Å². The molecule has 0 atom stereocenters. The number of hydrogen-bond acceptors (Lipinski definition) is 5. The maximum Gasteiger partial charge on any atom is 0.417 e. The molecule has 0 aliphatic heterocycles. The van der Waals surface area contributed by atoms with E-state index >= 15 is 0 Å². The Morgan fingerprint density at radius 3 is 2.22 bits per heavy atom. The van der Waals surface area contributed by atoms with Gasteiger partial charge in [-0.1, -0.05) is 42.2 Å². The van der Waals surface area contributed by atoms with Crippen LogP contribution in [0.3, 0.4) is 0 Å². The van der Waals surface area contributed by atoms with Crippen LogP contribution in [0.1, 0.15) is 27.9 Å². The molecule has 206 valence electrons. The third-order valence-electron chi connectivity index (χ3n) is 5.84. The van der Waals surface area contributed by atoms with E-state index in [1.807, 2.05) is 43.3 Å². The van der Waals surface area contributed by atoms with Crippen LogP contribution in [0.15, 0.2) is 95.9 Å². The van der Waals surface area contributed by atoms with Crippen molar-refractivity contribution in [3.8, 4) is 40.4 Å². The molecule has 0 spiro atoms. The second-order valence-electron chi connectivity index (χ2n) is 8.81. The average Bonchev–Trinajstić information content (AvgIpc) is 2.95. The topological polar surface area (TPSA) is 80.8 Å². The van der Waals surface area contributed by atoms with Gasteiger partial charge in [-0.15, -0.1) is 12.4 Å². The Morgan fingerprint density at radius 2 is 1.56 bits per heavy atom. The molecule has 0 saturated heterocycles. The van der Waals surface area contributed by atoms with Gasteiger partial charge in [-0.3, -0.25) is 9.97 Å². The standard InChI is InChI=1S/C31H21F3N4O2.ClH/c1-20-10-17-24(35-18-20)19-40-26-9-5-8-25(31(32,33)34)27(26)29-36-28(37-30(39)38-29)23-15-13-22(14-16-23)12-11-21-6-3-2-4-7-21;/h2-10,13-18H,19H2,1H3,(H,36,37,38,39);1H. The molecule has 2 heterocycles. The zero-order valence-corrected chi connectivity index (χ0v) is 22.4. The maximum atomic E-state index is 14.1. The molecule has 0 radical (unpaired) electrons. The van der Waals surface area contributed by atoms with Crippen LogP contribution in [0, 0.1) is 18.8 Å². The number of aromatic nitrogens is 4. The van der Waals surface area contributed by atoms with Crippen LogP contribution in [0.25, 0.3) is 22.8 Å². The SMILES string of the molecule is Cc1ccc(COc2cccc(C(F)(F)F)c2-c2nc(-c3ccc(C#Cc4ccccc4)cc3)nc(=O)[nH]2)nc1.Cl. The van der Waals surface area contributed by atoms with E-state index in [0.717, 1.165) is 17.2 Å². The van der Waals surface area contributed by atoms with Crippen molar-refractivity contribution in [1.82, 2.24) is 19.9 Å². The molecule has 3 aromatic carbocycles. The number of ether oxygens (including phenoxy) is 1. The summed E-state index contributed by atoms with van der Waals surface area (Å²) in [5, 5.41) is 0. The Hall–Kier alpha value is -4.94. The molecular formula is C31H22ClF3N4O2. The van der Waals surface area contributed by atoms with Crippen molar-refractivity contribution in [2.24, 2.45) is 0 Å². The normalized spacial score (nSPS) is 10.7. The summed E-state index contributed by atoms with van der Waals surface area (Å²) in [5.74, 6) is 5.63. The van der Waals surface area contributed by atoms with Gasteiger partial charge in [0.1, 0.15) is 18.2 Å². The lowest BCUT2D eigenvalue weighted by atomic mass is 10.0. The molecule has 1 N–H and O–H groups in total. The largest absolute Gasteiger partial charge is 0.487 e. The molecule has 0 amide bonds. The fourth-order valence-electron chi connectivity index (χ4n) is 3.87. The fraction of sp³-hybridized carbons (Fsp3) is 0.0968. The van der Waals surface area contributed by atoms with Crippen LogP contribution in [0.4, 0.5) is 13.2 Å². The monoisotopic (exact) mass is 574 g/mol.